The second kappa shape index (κ2) is 10.6. The van der Waals surface area contributed by atoms with E-state index in [2.05, 4.69) is 37.6 Å². The molecule has 0 spiro atoms. The summed E-state index contributed by atoms with van der Waals surface area (Å²) in [5, 5.41) is 6.29. The molecule has 1 saturated carbocycles. The molecule has 8 heteroatoms. The van der Waals surface area contributed by atoms with Gasteiger partial charge in [0.1, 0.15) is 12.3 Å². The molecule has 1 aliphatic carbocycles. The van der Waals surface area contributed by atoms with Crippen molar-refractivity contribution in [1.82, 2.24) is 15.5 Å². The summed E-state index contributed by atoms with van der Waals surface area (Å²) < 4.78 is 5.22. The third-order valence-electron chi connectivity index (χ3n) is 4.67. The summed E-state index contributed by atoms with van der Waals surface area (Å²) in [6, 6.07) is 8.55. The maximum atomic E-state index is 11.9. The Morgan fingerprint density at radius 3 is 2.41 bits per heavy atom. The van der Waals surface area contributed by atoms with Gasteiger partial charge in [0.15, 0.2) is 5.96 Å². The van der Waals surface area contributed by atoms with Gasteiger partial charge in [-0.2, -0.15) is 0 Å². The van der Waals surface area contributed by atoms with Crippen molar-refractivity contribution in [2.24, 2.45) is 4.99 Å². The molecule has 1 heterocycles. The van der Waals surface area contributed by atoms with Crippen molar-refractivity contribution < 1.29 is 9.53 Å². The summed E-state index contributed by atoms with van der Waals surface area (Å²) in [4.78, 5) is 21.0. The van der Waals surface area contributed by atoms with Crippen LogP contribution in [0.15, 0.2) is 29.3 Å². The van der Waals surface area contributed by atoms with Gasteiger partial charge in [0.05, 0.1) is 7.11 Å². The van der Waals surface area contributed by atoms with E-state index in [-0.39, 0.29) is 36.4 Å². The minimum atomic E-state index is 0. The summed E-state index contributed by atoms with van der Waals surface area (Å²) >= 11 is 0. The van der Waals surface area contributed by atoms with Crippen LogP contribution in [0.25, 0.3) is 0 Å². The smallest absolute Gasteiger partial charge is 0.242 e. The number of carbonyl (C=O) groups excluding carboxylic acids is 1. The van der Waals surface area contributed by atoms with Crippen LogP contribution in [-0.4, -0.2) is 69.2 Å². The number of rotatable bonds is 6. The number of benzene rings is 1. The van der Waals surface area contributed by atoms with E-state index < -0.39 is 0 Å². The first kappa shape index (κ1) is 21.6. The molecule has 2 fully saturated rings. The lowest BCUT2D eigenvalue weighted by Crippen LogP contribution is -2.52. The van der Waals surface area contributed by atoms with Gasteiger partial charge in [-0.05, 0) is 44.0 Å². The second-order valence-electron chi connectivity index (χ2n) is 6.68. The van der Waals surface area contributed by atoms with Gasteiger partial charge < -0.3 is 25.2 Å². The normalized spacial score (nSPS) is 17.2. The van der Waals surface area contributed by atoms with Crippen LogP contribution in [0.2, 0.25) is 0 Å². The molecule has 2 aliphatic rings. The standard InChI is InChI=1S/C19H29N5O2.HI/c1-3-20-19(21-14-18(25)22-15-4-5-15)24-12-10-23(11-13-24)16-6-8-17(26-2)9-7-16;/h6-9,15H,3-5,10-14H2,1-2H3,(H,20,21)(H,22,25);1H. The lowest BCUT2D eigenvalue weighted by Gasteiger charge is -2.37. The zero-order valence-electron chi connectivity index (χ0n) is 16.1. The number of nitrogens with zero attached hydrogens (tertiary/aromatic N) is 3. The number of anilines is 1. The Balaban J connectivity index is 0.00000261. The molecule has 1 aliphatic heterocycles. The first-order valence-electron chi connectivity index (χ1n) is 9.41. The minimum Gasteiger partial charge on any atom is -0.497 e. The highest BCUT2D eigenvalue weighted by Crippen LogP contribution is 2.20. The fourth-order valence-corrected chi connectivity index (χ4v) is 3.04. The number of guanidine groups is 1. The largest absolute Gasteiger partial charge is 0.497 e. The fraction of sp³-hybridized carbons (Fsp3) is 0.579. The zero-order valence-corrected chi connectivity index (χ0v) is 18.4. The number of aliphatic imine (C=N–C) groups is 1. The third kappa shape index (κ3) is 6.44. The molecule has 0 aromatic heterocycles. The molecule has 0 atom stereocenters. The lowest BCUT2D eigenvalue weighted by molar-refractivity contribution is -0.119. The number of piperazine rings is 1. The van der Waals surface area contributed by atoms with Crippen LogP contribution in [0.1, 0.15) is 19.8 Å². The average molecular weight is 487 g/mol. The molecule has 150 valence electrons. The monoisotopic (exact) mass is 487 g/mol. The Morgan fingerprint density at radius 1 is 1.19 bits per heavy atom. The van der Waals surface area contributed by atoms with E-state index >= 15 is 0 Å². The first-order valence-corrected chi connectivity index (χ1v) is 9.41. The molecule has 0 bridgehead atoms. The summed E-state index contributed by atoms with van der Waals surface area (Å²) in [6.45, 7) is 6.63. The first-order chi connectivity index (χ1) is 12.7. The van der Waals surface area contributed by atoms with Gasteiger partial charge in [-0.1, -0.05) is 0 Å². The van der Waals surface area contributed by atoms with Crippen LogP contribution in [0.3, 0.4) is 0 Å². The van der Waals surface area contributed by atoms with Crippen molar-refractivity contribution in [2.45, 2.75) is 25.8 Å². The molecule has 1 aromatic rings. The van der Waals surface area contributed by atoms with E-state index in [1.807, 2.05) is 19.1 Å². The van der Waals surface area contributed by atoms with E-state index in [1.54, 1.807) is 7.11 Å². The van der Waals surface area contributed by atoms with Gasteiger partial charge in [-0.3, -0.25) is 4.79 Å². The van der Waals surface area contributed by atoms with Gasteiger partial charge >= 0.3 is 0 Å². The molecular weight excluding hydrogens is 457 g/mol. The molecule has 7 nitrogen and oxygen atoms in total. The Kier molecular flexibility index (Phi) is 8.46. The van der Waals surface area contributed by atoms with Gasteiger partial charge in [0.25, 0.3) is 0 Å². The number of nitrogens with one attached hydrogen (secondary N) is 2. The van der Waals surface area contributed by atoms with Crippen molar-refractivity contribution in [3.63, 3.8) is 0 Å². The maximum Gasteiger partial charge on any atom is 0.242 e. The van der Waals surface area contributed by atoms with Crippen molar-refractivity contribution in [3.05, 3.63) is 24.3 Å². The van der Waals surface area contributed by atoms with E-state index in [0.717, 1.165) is 57.3 Å². The molecular formula is C19H30IN5O2. The summed E-state index contributed by atoms with van der Waals surface area (Å²) in [5.41, 5.74) is 1.20. The molecule has 27 heavy (non-hydrogen) atoms. The van der Waals surface area contributed by atoms with Crippen LogP contribution in [0, 0.1) is 0 Å². The van der Waals surface area contributed by atoms with Crippen LogP contribution in [0.4, 0.5) is 5.69 Å². The Morgan fingerprint density at radius 2 is 1.85 bits per heavy atom. The Labute approximate surface area is 178 Å². The Bertz CT molecular complexity index is 625. The number of methoxy groups -OCH3 is 1. The van der Waals surface area contributed by atoms with Crippen molar-refractivity contribution >= 4 is 41.5 Å². The molecule has 0 unspecified atom stereocenters. The van der Waals surface area contributed by atoms with Gasteiger partial charge in [-0.15, -0.1) is 24.0 Å². The zero-order chi connectivity index (χ0) is 18.4. The molecule has 0 radical (unpaired) electrons. The fourth-order valence-electron chi connectivity index (χ4n) is 3.04. The number of hydrogen-bond acceptors (Lipinski definition) is 4. The highest BCUT2D eigenvalue weighted by molar-refractivity contribution is 14.0. The summed E-state index contributed by atoms with van der Waals surface area (Å²) in [7, 11) is 1.68. The number of carbonyl (C=O) groups is 1. The predicted molar refractivity (Wildman–Crippen MR) is 119 cm³/mol. The topological polar surface area (TPSA) is 69.2 Å². The third-order valence-corrected chi connectivity index (χ3v) is 4.67. The van der Waals surface area contributed by atoms with E-state index in [1.165, 1.54) is 5.69 Å². The summed E-state index contributed by atoms with van der Waals surface area (Å²) in [5.74, 6) is 1.71. The molecule has 1 saturated heterocycles. The van der Waals surface area contributed by atoms with Crippen molar-refractivity contribution in [1.29, 1.82) is 0 Å². The van der Waals surface area contributed by atoms with Crippen LogP contribution in [0.5, 0.6) is 5.75 Å². The SMILES string of the molecule is CCNC(=NCC(=O)NC1CC1)N1CCN(c2ccc(OC)cc2)CC1.I. The maximum absolute atomic E-state index is 11.9. The average Bonchev–Trinajstić information content (AvgIpc) is 3.49. The highest BCUT2D eigenvalue weighted by atomic mass is 127. The quantitative estimate of drug-likeness (QED) is 0.363. The van der Waals surface area contributed by atoms with E-state index in [9.17, 15) is 4.79 Å². The number of amides is 1. The van der Waals surface area contributed by atoms with E-state index in [4.69, 9.17) is 4.74 Å². The number of halogens is 1. The predicted octanol–water partition coefficient (Wildman–Crippen LogP) is 1.68. The highest BCUT2D eigenvalue weighted by Gasteiger charge is 2.23. The lowest BCUT2D eigenvalue weighted by atomic mass is 10.2. The number of ether oxygens (including phenoxy) is 1. The van der Waals surface area contributed by atoms with Crippen molar-refractivity contribution in [3.8, 4) is 5.75 Å². The van der Waals surface area contributed by atoms with Gasteiger partial charge in [0.2, 0.25) is 5.91 Å². The molecule has 1 amide bonds. The molecule has 1 aromatic carbocycles. The van der Waals surface area contributed by atoms with Gasteiger partial charge in [0, 0.05) is 44.5 Å². The summed E-state index contributed by atoms with van der Waals surface area (Å²) in [6.07, 6.45) is 2.20. The van der Waals surface area contributed by atoms with Crippen LogP contribution in [-0.2, 0) is 4.79 Å². The van der Waals surface area contributed by atoms with Crippen LogP contribution < -0.4 is 20.3 Å². The molecule has 2 N–H and O–H groups in total. The van der Waals surface area contributed by atoms with E-state index in [0.29, 0.717) is 6.04 Å². The van der Waals surface area contributed by atoms with Gasteiger partial charge in [-0.25, -0.2) is 4.99 Å². The number of hydrogen-bond donors (Lipinski definition) is 2. The van der Waals surface area contributed by atoms with Crippen molar-refractivity contribution in [2.75, 3.05) is 51.3 Å². The second-order valence-corrected chi connectivity index (χ2v) is 6.68. The van der Waals surface area contributed by atoms with Crippen LogP contribution >= 0.6 is 24.0 Å². The Hall–Kier alpha value is -1.71. The molecule has 3 rings (SSSR count). The minimum absolute atomic E-state index is 0.